The normalized spacial score (nSPS) is 23.0. The first kappa shape index (κ1) is 23.2. The molecule has 2 atom stereocenters. The van der Waals surface area contributed by atoms with Crippen LogP contribution in [0.15, 0.2) is 85.8 Å². The summed E-state index contributed by atoms with van der Waals surface area (Å²) in [5.41, 5.74) is 5.83. The van der Waals surface area contributed by atoms with Crippen molar-refractivity contribution in [1.82, 2.24) is 4.98 Å². The number of amidine groups is 2. The monoisotopic (exact) mass is 460 g/mol. The number of nitrogens with zero attached hydrogens (tertiary/aromatic N) is 5. The molecule has 2 unspecified atom stereocenters. The van der Waals surface area contributed by atoms with Crippen molar-refractivity contribution in [3.8, 4) is 0 Å². The Labute approximate surface area is 194 Å². The fraction of sp³-hybridized carbons (Fsp3) is 0.190. The van der Waals surface area contributed by atoms with Gasteiger partial charge in [-0.15, -0.1) is 0 Å². The Morgan fingerprint density at radius 2 is 1.17 bits per heavy atom. The molecule has 1 aromatic rings. The SMILES string of the molecule is CC1=CC2=NC(c3cccc(C4=NC5C=CC(C)=CC5=N4)n3)=NC2C=C1.[Cl-].[Cl-].[V+2]. The average Bonchev–Trinajstić information content (AvgIpc) is 3.25. The zero-order chi connectivity index (χ0) is 17.7. The number of aromatic nitrogens is 1. The number of aliphatic imine (C=N–C) groups is 4. The summed E-state index contributed by atoms with van der Waals surface area (Å²) in [5, 5.41) is 0. The zero-order valence-corrected chi connectivity index (χ0v) is 18.7. The van der Waals surface area contributed by atoms with Gasteiger partial charge in [0.2, 0.25) is 0 Å². The number of fused-ring (bicyclic) bond motifs is 2. The molecule has 29 heavy (non-hydrogen) atoms. The minimum absolute atomic E-state index is 0. The van der Waals surface area contributed by atoms with Gasteiger partial charge in [0, 0.05) is 0 Å². The van der Waals surface area contributed by atoms with Gasteiger partial charge in [-0.25, -0.2) is 15.0 Å². The van der Waals surface area contributed by atoms with Gasteiger partial charge in [0.05, 0.1) is 11.4 Å². The summed E-state index contributed by atoms with van der Waals surface area (Å²) in [6, 6.07) is 5.84. The maximum atomic E-state index is 4.73. The Morgan fingerprint density at radius 3 is 1.62 bits per heavy atom. The summed E-state index contributed by atoms with van der Waals surface area (Å²) in [5.74, 6) is 1.34. The molecule has 0 saturated carbocycles. The molecule has 0 amide bonds. The molecule has 145 valence electrons. The van der Waals surface area contributed by atoms with Gasteiger partial charge in [-0.1, -0.05) is 30.4 Å². The van der Waals surface area contributed by atoms with Crippen molar-refractivity contribution < 1.29 is 43.4 Å². The number of pyridine rings is 1. The minimum atomic E-state index is 0. The Bertz CT molecular complexity index is 995. The summed E-state index contributed by atoms with van der Waals surface area (Å²) >= 11 is 0. The van der Waals surface area contributed by atoms with Gasteiger partial charge in [0.15, 0.2) is 11.7 Å². The van der Waals surface area contributed by atoms with Crippen molar-refractivity contribution in [3.63, 3.8) is 0 Å². The van der Waals surface area contributed by atoms with Crippen molar-refractivity contribution in [3.05, 3.63) is 77.2 Å². The van der Waals surface area contributed by atoms with Gasteiger partial charge < -0.3 is 24.8 Å². The van der Waals surface area contributed by atoms with E-state index in [1.807, 2.05) is 18.2 Å². The van der Waals surface area contributed by atoms with Crippen molar-refractivity contribution >= 4 is 23.1 Å². The standard InChI is InChI=1S/C21H17N5.2ClH.V/c1-12-6-8-14-18(10-12)25-20(23-14)16-4-3-5-17(22-16)21-24-15-9-7-13(2)11-19(15)26-21;;;/h3-11,14-15H,1-2H3;2*1H;/q;;;+2/p-2. The van der Waals surface area contributed by atoms with E-state index in [0.717, 1.165) is 22.8 Å². The molecule has 8 heteroatoms. The molecule has 0 aromatic carbocycles. The van der Waals surface area contributed by atoms with Crippen molar-refractivity contribution in [2.45, 2.75) is 25.9 Å². The molecule has 5 rings (SSSR count). The van der Waals surface area contributed by atoms with E-state index in [1.165, 1.54) is 11.1 Å². The summed E-state index contributed by atoms with van der Waals surface area (Å²) in [6.07, 6.45) is 12.4. The smallest absolute Gasteiger partial charge is 1.00 e. The second kappa shape index (κ2) is 9.18. The van der Waals surface area contributed by atoms with Gasteiger partial charge >= 0.3 is 18.6 Å². The van der Waals surface area contributed by atoms with Gasteiger partial charge in [0.25, 0.3) is 0 Å². The molecule has 3 heterocycles. The second-order valence-electron chi connectivity index (χ2n) is 6.77. The average molecular weight is 461 g/mol. The topological polar surface area (TPSA) is 62.3 Å². The molecule has 0 saturated heterocycles. The zero-order valence-electron chi connectivity index (χ0n) is 15.8. The number of allylic oxidation sites excluding steroid dienone is 4. The third-order valence-corrected chi connectivity index (χ3v) is 4.64. The summed E-state index contributed by atoms with van der Waals surface area (Å²) in [7, 11) is 0. The van der Waals surface area contributed by atoms with E-state index < -0.39 is 0 Å². The van der Waals surface area contributed by atoms with E-state index in [9.17, 15) is 0 Å². The van der Waals surface area contributed by atoms with Crippen LogP contribution in [0.1, 0.15) is 25.2 Å². The molecule has 0 N–H and O–H groups in total. The van der Waals surface area contributed by atoms with Gasteiger partial charge in [-0.05, 0) is 49.3 Å². The second-order valence-corrected chi connectivity index (χ2v) is 6.77. The first-order chi connectivity index (χ1) is 12.7. The van der Waals surface area contributed by atoms with E-state index in [0.29, 0.717) is 11.7 Å². The first-order valence-electron chi connectivity index (χ1n) is 8.69. The quantitative estimate of drug-likeness (QED) is 0.472. The van der Waals surface area contributed by atoms with Crippen LogP contribution in [-0.4, -0.2) is 40.2 Å². The molecule has 1 radical (unpaired) electrons. The Balaban J connectivity index is 0.000001000. The third-order valence-electron chi connectivity index (χ3n) is 4.64. The first-order valence-corrected chi connectivity index (χ1v) is 8.69. The summed E-state index contributed by atoms with van der Waals surface area (Å²) in [6.45, 7) is 4.13. The fourth-order valence-corrected chi connectivity index (χ4v) is 3.33. The summed E-state index contributed by atoms with van der Waals surface area (Å²) < 4.78 is 0. The van der Waals surface area contributed by atoms with Gasteiger partial charge in [0.1, 0.15) is 23.5 Å². The molecule has 0 bridgehead atoms. The van der Waals surface area contributed by atoms with Gasteiger partial charge in [-0.3, -0.25) is 9.98 Å². The molecule has 0 fully saturated rings. The van der Waals surface area contributed by atoms with Crippen LogP contribution in [0.5, 0.6) is 0 Å². The number of hydrogen-bond acceptors (Lipinski definition) is 5. The molecule has 0 spiro atoms. The van der Waals surface area contributed by atoms with Crippen molar-refractivity contribution in [1.29, 1.82) is 0 Å². The minimum Gasteiger partial charge on any atom is -1.00 e. The van der Waals surface area contributed by atoms with Gasteiger partial charge in [-0.2, -0.15) is 0 Å². The summed E-state index contributed by atoms with van der Waals surface area (Å²) in [4.78, 5) is 23.4. The molecule has 2 aliphatic heterocycles. The van der Waals surface area contributed by atoms with Crippen LogP contribution >= 0.6 is 0 Å². The third kappa shape index (κ3) is 4.43. The van der Waals surface area contributed by atoms with E-state index in [1.54, 1.807) is 0 Å². The number of halogens is 2. The maximum Gasteiger partial charge on any atom is 2.00 e. The van der Waals surface area contributed by atoms with E-state index in [-0.39, 0.29) is 55.5 Å². The van der Waals surface area contributed by atoms with E-state index in [2.05, 4.69) is 70.3 Å². The fourth-order valence-electron chi connectivity index (χ4n) is 3.33. The van der Waals surface area contributed by atoms with Crippen LogP contribution < -0.4 is 24.8 Å². The predicted molar refractivity (Wildman–Crippen MR) is 106 cm³/mol. The maximum absolute atomic E-state index is 4.73. The molecular weight excluding hydrogens is 444 g/mol. The van der Waals surface area contributed by atoms with Crippen molar-refractivity contribution in [2.24, 2.45) is 20.0 Å². The molecule has 5 nitrogen and oxygen atoms in total. The van der Waals surface area contributed by atoms with Crippen LogP contribution in [0.3, 0.4) is 0 Å². The Hall–Kier alpha value is -2.05. The van der Waals surface area contributed by atoms with Crippen LogP contribution in [-0.2, 0) is 18.6 Å². The molecule has 1 aromatic heterocycles. The number of hydrogen-bond donors (Lipinski definition) is 0. The van der Waals surface area contributed by atoms with Crippen molar-refractivity contribution in [2.75, 3.05) is 0 Å². The van der Waals surface area contributed by atoms with E-state index >= 15 is 0 Å². The van der Waals surface area contributed by atoms with Crippen LogP contribution in [0.4, 0.5) is 0 Å². The number of rotatable bonds is 2. The van der Waals surface area contributed by atoms with Crippen LogP contribution in [0, 0.1) is 0 Å². The largest absolute Gasteiger partial charge is 2.00 e. The molecule has 2 aliphatic carbocycles. The molecular formula is C21H17Cl2N5V. The Kier molecular flexibility index (Phi) is 7.36. The molecule has 4 aliphatic rings. The Morgan fingerprint density at radius 1 is 0.724 bits per heavy atom. The van der Waals surface area contributed by atoms with Crippen LogP contribution in [0.25, 0.3) is 0 Å². The predicted octanol–water partition coefficient (Wildman–Crippen LogP) is -2.74. The van der Waals surface area contributed by atoms with E-state index in [4.69, 9.17) is 4.98 Å². The van der Waals surface area contributed by atoms with Crippen LogP contribution in [0.2, 0.25) is 0 Å².